The van der Waals surface area contributed by atoms with Gasteiger partial charge in [0.05, 0.1) is 18.1 Å². The Hall–Kier alpha value is -3.61. The molecule has 0 aliphatic rings. The Balaban J connectivity index is 1.61. The van der Waals surface area contributed by atoms with Gasteiger partial charge in [0.1, 0.15) is 5.82 Å². The summed E-state index contributed by atoms with van der Waals surface area (Å²) >= 11 is 0. The summed E-state index contributed by atoms with van der Waals surface area (Å²) in [5.41, 5.74) is 0.613. The topological polar surface area (TPSA) is 64.1 Å². The second kappa shape index (κ2) is 7.98. The van der Waals surface area contributed by atoms with E-state index in [1.807, 2.05) is 0 Å². The Morgan fingerprint density at radius 2 is 1.62 bits per heavy atom. The van der Waals surface area contributed by atoms with Crippen LogP contribution in [0.15, 0.2) is 67.0 Å². The van der Waals surface area contributed by atoms with Crippen LogP contribution in [0.5, 0.6) is 11.8 Å². The highest BCUT2D eigenvalue weighted by Gasteiger charge is 2.06. The molecule has 0 spiro atoms. The Kier molecular flexibility index (Phi) is 5.28. The van der Waals surface area contributed by atoms with Gasteiger partial charge in [0, 0.05) is 11.6 Å². The third-order valence-corrected chi connectivity index (χ3v) is 3.25. The number of hydrogen-bond donors (Lipinski definition) is 1. The van der Waals surface area contributed by atoms with E-state index in [4.69, 9.17) is 4.74 Å². The lowest BCUT2D eigenvalue weighted by molar-refractivity contribution is -0.111. The van der Waals surface area contributed by atoms with E-state index in [1.165, 1.54) is 48.8 Å². The summed E-state index contributed by atoms with van der Waals surface area (Å²) in [4.78, 5) is 19.7. The van der Waals surface area contributed by atoms with Crippen LogP contribution in [0.1, 0.15) is 5.56 Å². The van der Waals surface area contributed by atoms with Gasteiger partial charge in [-0.3, -0.25) is 4.79 Å². The monoisotopic (exact) mass is 353 g/mol. The van der Waals surface area contributed by atoms with Crippen LogP contribution >= 0.6 is 0 Å². The maximum atomic E-state index is 13.5. The first-order valence-corrected chi connectivity index (χ1v) is 7.60. The number of rotatable bonds is 5. The second-order valence-corrected chi connectivity index (χ2v) is 5.13. The largest absolute Gasteiger partial charge is 0.421 e. The van der Waals surface area contributed by atoms with E-state index in [0.717, 1.165) is 0 Å². The first kappa shape index (κ1) is 17.2. The number of carbonyl (C=O) groups is 1. The van der Waals surface area contributed by atoms with E-state index < -0.39 is 17.5 Å². The zero-order valence-electron chi connectivity index (χ0n) is 13.4. The maximum absolute atomic E-state index is 13.5. The minimum Gasteiger partial charge on any atom is -0.421 e. The van der Waals surface area contributed by atoms with Crippen molar-refractivity contribution >= 4 is 17.7 Å². The normalized spacial score (nSPS) is 10.7. The van der Waals surface area contributed by atoms with Gasteiger partial charge in [-0.1, -0.05) is 30.3 Å². The molecule has 1 heterocycles. The molecular formula is C19H13F2N3O2. The van der Waals surface area contributed by atoms with Gasteiger partial charge in [-0.25, -0.2) is 18.7 Å². The lowest BCUT2D eigenvalue weighted by Gasteiger charge is -2.05. The molecule has 130 valence electrons. The molecule has 0 unspecified atom stereocenters. The van der Waals surface area contributed by atoms with E-state index in [-0.39, 0.29) is 11.8 Å². The summed E-state index contributed by atoms with van der Waals surface area (Å²) in [6.07, 6.45) is 5.19. The fourth-order valence-electron chi connectivity index (χ4n) is 2.02. The van der Waals surface area contributed by atoms with Crippen molar-refractivity contribution in [2.75, 3.05) is 5.32 Å². The maximum Gasteiger partial charge on any atom is 0.322 e. The van der Waals surface area contributed by atoms with E-state index >= 15 is 0 Å². The Labute approximate surface area is 148 Å². The zero-order chi connectivity index (χ0) is 18.4. The molecule has 7 heteroatoms. The van der Waals surface area contributed by atoms with Gasteiger partial charge < -0.3 is 10.1 Å². The number of anilines is 1. The predicted molar refractivity (Wildman–Crippen MR) is 92.6 cm³/mol. The molecule has 0 atom stereocenters. The first-order chi connectivity index (χ1) is 12.6. The average Bonchev–Trinajstić information content (AvgIpc) is 2.64. The van der Waals surface area contributed by atoms with Gasteiger partial charge in [-0.2, -0.15) is 0 Å². The summed E-state index contributed by atoms with van der Waals surface area (Å²) in [5.74, 6) is -1.43. The lowest BCUT2D eigenvalue weighted by atomic mass is 10.2. The van der Waals surface area contributed by atoms with Crippen LogP contribution in [0.3, 0.4) is 0 Å². The Morgan fingerprint density at radius 1 is 0.962 bits per heavy atom. The molecule has 0 saturated heterocycles. The molecule has 0 bridgehead atoms. The average molecular weight is 353 g/mol. The quantitative estimate of drug-likeness (QED) is 0.698. The third-order valence-electron chi connectivity index (χ3n) is 3.25. The molecule has 0 saturated carbocycles. The molecular weight excluding hydrogens is 340 g/mol. The zero-order valence-corrected chi connectivity index (χ0v) is 13.4. The highest BCUT2D eigenvalue weighted by atomic mass is 19.1. The number of amides is 1. The number of benzene rings is 2. The second-order valence-electron chi connectivity index (χ2n) is 5.13. The fourth-order valence-corrected chi connectivity index (χ4v) is 2.02. The number of aromatic nitrogens is 2. The van der Waals surface area contributed by atoms with Gasteiger partial charge in [-0.15, -0.1) is 0 Å². The third kappa shape index (κ3) is 4.47. The van der Waals surface area contributed by atoms with Crippen molar-refractivity contribution in [3.8, 4) is 11.8 Å². The highest BCUT2D eigenvalue weighted by molar-refractivity contribution is 6.01. The van der Waals surface area contributed by atoms with E-state index in [1.54, 1.807) is 24.3 Å². The van der Waals surface area contributed by atoms with Gasteiger partial charge >= 0.3 is 6.01 Å². The molecule has 0 fully saturated rings. The van der Waals surface area contributed by atoms with Crippen LogP contribution in [-0.4, -0.2) is 15.9 Å². The van der Waals surface area contributed by atoms with Crippen molar-refractivity contribution in [3.05, 3.63) is 84.2 Å². The van der Waals surface area contributed by atoms with Crippen LogP contribution in [0.2, 0.25) is 0 Å². The number of hydrogen-bond acceptors (Lipinski definition) is 4. The van der Waals surface area contributed by atoms with Crippen molar-refractivity contribution in [1.82, 2.24) is 9.97 Å². The molecule has 1 aromatic heterocycles. The molecule has 1 amide bonds. The van der Waals surface area contributed by atoms with E-state index in [2.05, 4.69) is 15.3 Å². The summed E-state index contributed by atoms with van der Waals surface area (Å²) < 4.78 is 32.2. The van der Waals surface area contributed by atoms with Gasteiger partial charge in [0.2, 0.25) is 5.91 Å². The standard InChI is InChI=1S/C19H13F2N3O2/c20-15-6-2-1-5-13(15)9-10-18(25)24-14-11-22-19(23-12-14)26-17-8-4-3-7-16(17)21/h1-12H,(H,24,25)/b10-9+. The molecule has 5 nitrogen and oxygen atoms in total. The fraction of sp³-hybridized carbons (Fsp3) is 0. The van der Waals surface area contributed by atoms with Crippen LogP contribution in [0.4, 0.5) is 14.5 Å². The SMILES string of the molecule is O=C(/C=C/c1ccccc1F)Nc1cnc(Oc2ccccc2F)nc1. The molecule has 0 aliphatic carbocycles. The van der Waals surface area contributed by atoms with Crippen LogP contribution in [-0.2, 0) is 4.79 Å². The highest BCUT2D eigenvalue weighted by Crippen LogP contribution is 2.21. The van der Waals surface area contributed by atoms with Crippen molar-refractivity contribution in [2.45, 2.75) is 0 Å². The number of nitrogens with zero attached hydrogens (tertiary/aromatic N) is 2. The predicted octanol–water partition coefficient (Wildman–Crippen LogP) is 4.20. The number of carbonyl (C=O) groups excluding carboxylic acids is 1. The van der Waals surface area contributed by atoms with Crippen LogP contribution in [0.25, 0.3) is 6.08 Å². The van der Waals surface area contributed by atoms with Crippen molar-refractivity contribution < 1.29 is 18.3 Å². The summed E-state index contributed by atoms with van der Waals surface area (Å²) in [6, 6.07) is 11.9. The summed E-state index contributed by atoms with van der Waals surface area (Å²) in [7, 11) is 0. The Bertz CT molecular complexity index is 944. The molecule has 1 N–H and O–H groups in total. The van der Waals surface area contributed by atoms with Crippen molar-refractivity contribution in [1.29, 1.82) is 0 Å². The Morgan fingerprint density at radius 3 is 2.31 bits per heavy atom. The first-order valence-electron chi connectivity index (χ1n) is 7.60. The van der Waals surface area contributed by atoms with Crippen molar-refractivity contribution in [2.24, 2.45) is 0 Å². The molecule has 2 aromatic carbocycles. The number of para-hydroxylation sites is 1. The number of ether oxygens (including phenoxy) is 1. The van der Waals surface area contributed by atoms with Gasteiger partial charge in [0.15, 0.2) is 11.6 Å². The minimum atomic E-state index is -0.535. The van der Waals surface area contributed by atoms with Gasteiger partial charge in [0.25, 0.3) is 0 Å². The summed E-state index contributed by atoms with van der Waals surface area (Å²) in [5, 5.41) is 2.53. The van der Waals surface area contributed by atoms with Crippen molar-refractivity contribution in [3.63, 3.8) is 0 Å². The molecule has 3 rings (SSSR count). The lowest BCUT2D eigenvalue weighted by Crippen LogP contribution is -2.08. The summed E-state index contributed by atoms with van der Waals surface area (Å²) in [6.45, 7) is 0. The number of halogens is 2. The van der Waals surface area contributed by atoms with E-state index in [0.29, 0.717) is 11.3 Å². The molecule has 0 radical (unpaired) electrons. The van der Waals surface area contributed by atoms with Crippen LogP contribution < -0.4 is 10.1 Å². The molecule has 0 aliphatic heterocycles. The molecule has 3 aromatic rings. The smallest absolute Gasteiger partial charge is 0.322 e. The van der Waals surface area contributed by atoms with Crippen LogP contribution in [0, 0.1) is 11.6 Å². The van der Waals surface area contributed by atoms with Gasteiger partial charge in [-0.05, 0) is 24.3 Å². The molecule has 26 heavy (non-hydrogen) atoms. The number of nitrogens with one attached hydrogen (secondary N) is 1. The minimum absolute atomic E-state index is 0.00268. The van der Waals surface area contributed by atoms with E-state index in [9.17, 15) is 13.6 Å².